The summed E-state index contributed by atoms with van der Waals surface area (Å²) in [5.74, 6) is 0.769. The molecule has 1 fully saturated rings. The molecule has 0 aromatic rings. The van der Waals surface area contributed by atoms with Gasteiger partial charge < -0.3 is 23.4 Å². The molecule has 20 heavy (non-hydrogen) atoms. The summed E-state index contributed by atoms with van der Waals surface area (Å²) >= 11 is 0. The SMILES string of the molecule is CC(C)CC(C)NCC1(C)CC(N)CC(C)(C)C1.N.N. The molecule has 0 saturated heterocycles. The Kier molecular flexibility index (Phi) is 9.21. The van der Waals surface area contributed by atoms with E-state index in [0.717, 1.165) is 18.9 Å². The molecule has 0 aromatic carbocycles. The Balaban J connectivity index is 0. The van der Waals surface area contributed by atoms with Gasteiger partial charge in [0.15, 0.2) is 0 Å². The van der Waals surface area contributed by atoms with E-state index in [4.69, 9.17) is 5.73 Å². The maximum absolute atomic E-state index is 6.25. The van der Waals surface area contributed by atoms with Crippen molar-refractivity contribution in [1.29, 1.82) is 0 Å². The Morgan fingerprint density at radius 3 is 2.10 bits per heavy atom. The Morgan fingerprint density at radius 2 is 1.65 bits per heavy atom. The summed E-state index contributed by atoms with van der Waals surface area (Å²) in [4.78, 5) is 0. The van der Waals surface area contributed by atoms with Crippen molar-refractivity contribution in [2.24, 2.45) is 22.5 Å². The van der Waals surface area contributed by atoms with Crippen molar-refractivity contribution in [3.8, 4) is 0 Å². The maximum atomic E-state index is 6.25. The minimum absolute atomic E-state index is 0. The van der Waals surface area contributed by atoms with Crippen LogP contribution in [0.4, 0.5) is 0 Å². The Morgan fingerprint density at radius 1 is 1.10 bits per heavy atom. The van der Waals surface area contributed by atoms with Crippen molar-refractivity contribution >= 4 is 0 Å². The van der Waals surface area contributed by atoms with Crippen molar-refractivity contribution in [2.75, 3.05) is 6.54 Å². The molecular weight excluding hydrogens is 248 g/mol. The van der Waals surface area contributed by atoms with E-state index in [1.54, 1.807) is 0 Å². The van der Waals surface area contributed by atoms with Gasteiger partial charge in [0.05, 0.1) is 0 Å². The zero-order valence-electron chi connectivity index (χ0n) is 14.8. The van der Waals surface area contributed by atoms with Crippen molar-refractivity contribution in [3.63, 3.8) is 0 Å². The van der Waals surface area contributed by atoms with E-state index < -0.39 is 0 Å². The molecule has 9 N–H and O–H groups in total. The predicted octanol–water partition coefficient (Wildman–Crippen LogP) is 3.88. The van der Waals surface area contributed by atoms with Crippen molar-refractivity contribution in [1.82, 2.24) is 17.6 Å². The van der Waals surface area contributed by atoms with Gasteiger partial charge in [-0.1, -0.05) is 34.6 Å². The summed E-state index contributed by atoms with van der Waals surface area (Å²) in [6.45, 7) is 15.1. The van der Waals surface area contributed by atoms with Crippen LogP contribution in [0.15, 0.2) is 0 Å². The largest absolute Gasteiger partial charge is 0.344 e. The van der Waals surface area contributed by atoms with Gasteiger partial charge in [-0.15, -0.1) is 0 Å². The molecule has 124 valence electrons. The first kappa shape index (κ1) is 22.1. The van der Waals surface area contributed by atoms with Gasteiger partial charge in [-0.05, 0) is 49.4 Å². The molecule has 1 rings (SSSR count). The van der Waals surface area contributed by atoms with Crippen LogP contribution >= 0.6 is 0 Å². The van der Waals surface area contributed by atoms with E-state index in [2.05, 4.69) is 46.9 Å². The summed E-state index contributed by atoms with van der Waals surface area (Å²) in [6.07, 6.45) is 4.88. The summed E-state index contributed by atoms with van der Waals surface area (Å²) in [6, 6.07) is 0.990. The van der Waals surface area contributed by atoms with E-state index in [-0.39, 0.29) is 12.3 Å². The minimum atomic E-state index is 0. The smallest absolute Gasteiger partial charge is 0.00495 e. The molecule has 3 atom stereocenters. The fourth-order valence-corrected chi connectivity index (χ4v) is 4.06. The summed E-state index contributed by atoms with van der Waals surface area (Å²) in [5, 5.41) is 3.73. The van der Waals surface area contributed by atoms with Crippen LogP contribution < -0.4 is 23.4 Å². The Labute approximate surface area is 126 Å². The fourth-order valence-electron chi connectivity index (χ4n) is 4.06. The zero-order valence-corrected chi connectivity index (χ0v) is 14.8. The lowest BCUT2D eigenvalue weighted by Gasteiger charge is -2.46. The van der Waals surface area contributed by atoms with Gasteiger partial charge in [0.1, 0.15) is 0 Å². The molecule has 1 saturated carbocycles. The molecular formula is C16H40N4. The van der Waals surface area contributed by atoms with Gasteiger partial charge in [-0.25, -0.2) is 0 Å². The van der Waals surface area contributed by atoms with Gasteiger partial charge in [0.25, 0.3) is 0 Å². The molecule has 3 unspecified atom stereocenters. The van der Waals surface area contributed by atoms with Gasteiger partial charge in [0.2, 0.25) is 0 Å². The van der Waals surface area contributed by atoms with E-state index >= 15 is 0 Å². The van der Waals surface area contributed by atoms with E-state index in [9.17, 15) is 0 Å². The molecule has 4 nitrogen and oxygen atoms in total. The lowest BCUT2D eigenvalue weighted by Crippen LogP contribution is -2.48. The normalized spacial score (nSPS) is 30.3. The maximum Gasteiger partial charge on any atom is 0.00495 e. The highest BCUT2D eigenvalue weighted by Crippen LogP contribution is 2.45. The van der Waals surface area contributed by atoms with Crippen LogP contribution in [0.3, 0.4) is 0 Å². The van der Waals surface area contributed by atoms with Gasteiger partial charge in [0, 0.05) is 18.6 Å². The molecule has 0 bridgehead atoms. The zero-order chi connectivity index (χ0) is 14.0. The highest BCUT2D eigenvalue weighted by molar-refractivity contribution is 4.94. The van der Waals surface area contributed by atoms with Crippen LogP contribution in [0.25, 0.3) is 0 Å². The van der Waals surface area contributed by atoms with Crippen LogP contribution in [0.5, 0.6) is 0 Å². The summed E-state index contributed by atoms with van der Waals surface area (Å²) in [7, 11) is 0. The number of hydrogen-bond acceptors (Lipinski definition) is 4. The third-order valence-electron chi connectivity index (χ3n) is 4.18. The van der Waals surface area contributed by atoms with E-state index in [1.165, 1.54) is 19.3 Å². The molecule has 4 heteroatoms. The van der Waals surface area contributed by atoms with Crippen LogP contribution in [0, 0.1) is 16.7 Å². The van der Waals surface area contributed by atoms with Gasteiger partial charge >= 0.3 is 0 Å². The number of nitrogens with one attached hydrogen (secondary N) is 1. The lowest BCUT2D eigenvalue weighted by molar-refractivity contribution is 0.0799. The van der Waals surface area contributed by atoms with Crippen LogP contribution in [-0.2, 0) is 0 Å². The van der Waals surface area contributed by atoms with Crippen molar-refractivity contribution < 1.29 is 0 Å². The highest BCUT2D eigenvalue weighted by atomic mass is 14.9. The van der Waals surface area contributed by atoms with Crippen molar-refractivity contribution in [3.05, 3.63) is 0 Å². The first-order valence-electron chi connectivity index (χ1n) is 7.61. The third kappa shape index (κ3) is 7.58. The summed E-state index contributed by atoms with van der Waals surface area (Å²) < 4.78 is 0. The number of nitrogens with two attached hydrogens (primary N) is 1. The second-order valence-corrected chi connectivity index (χ2v) is 8.23. The third-order valence-corrected chi connectivity index (χ3v) is 4.18. The average molecular weight is 289 g/mol. The van der Waals surface area contributed by atoms with Gasteiger partial charge in [-0.2, -0.15) is 0 Å². The molecule has 0 heterocycles. The highest BCUT2D eigenvalue weighted by Gasteiger charge is 2.39. The first-order valence-corrected chi connectivity index (χ1v) is 7.61. The quantitative estimate of drug-likeness (QED) is 0.615. The average Bonchev–Trinajstić information content (AvgIpc) is 2.09. The monoisotopic (exact) mass is 288 g/mol. The second-order valence-electron chi connectivity index (χ2n) is 8.23. The molecule has 0 spiro atoms. The standard InChI is InChI=1S/C16H34N2.2H3N/c1-12(2)7-13(3)18-11-16(6)9-14(17)8-15(4,5)10-16;;/h12-14,18H,7-11,17H2,1-6H3;2*1H3. The lowest BCUT2D eigenvalue weighted by atomic mass is 9.63. The van der Waals surface area contributed by atoms with E-state index in [0.29, 0.717) is 22.9 Å². The minimum Gasteiger partial charge on any atom is -0.344 e. The Bertz CT molecular complexity index is 265. The van der Waals surface area contributed by atoms with Crippen LogP contribution in [0.2, 0.25) is 0 Å². The summed E-state index contributed by atoms with van der Waals surface area (Å²) in [5.41, 5.74) is 7.01. The molecule has 0 radical (unpaired) electrons. The molecule has 1 aliphatic carbocycles. The van der Waals surface area contributed by atoms with Crippen LogP contribution in [0.1, 0.15) is 67.2 Å². The van der Waals surface area contributed by atoms with E-state index in [1.807, 2.05) is 0 Å². The first-order chi connectivity index (χ1) is 8.12. The molecule has 0 aromatic heterocycles. The van der Waals surface area contributed by atoms with Crippen LogP contribution in [-0.4, -0.2) is 18.6 Å². The molecule has 1 aliphatic rings. The molecule has 0 amide bonds. The van der Waals surface area contributed by atoms with Gasteiger partial charge in [-0.3, -0.25) is 0 Å². The predicted molar refractivity (Wildman–Crippen MR) is 90.7 cm³/mol. The number of rotatable bonds is 5. The topological polar surface area (TPSA) is 108 Å². The second kappa shape index (κ2) is 8.32. The fraction of sp³-hybridized carbons (Fsp3) is 1.00. The van der Waals surface area contributed by atoms with Crippen molar-refractivity contribution in [2.45, 2.75) is 79.3 Å². The number of hydrogen-bond donors (Lipinski definition) is 4. The molecule has 0 aliphatic heterocycles. The Hall–Kier alpha value is -0.160.